The van der Waals surface area contributed by atoms with Gasteiger partial charge in [0.25, 0.3) is 5.91 Å². The highest BCUT2D eigenvalue weighted by Gasteiger charge is 2.45. The number of aliphatic hydroxyl groups is 1. The number of benzene rings is 2. The van der Waals surface area contributed by atoms with E-state index in [1.54, 1.807) is 55.7 Å². The molecule has 1 aliphatic heterocycles. The van der Waals surface area contributed by atoms with Crippen molar-refractivity contribution in [2.45, 2.75) is 13.0 Å². The van der Waals surface area contributed by atoms with Crippen LogP contribution >= 0.6 is 11.3 Å². The van der Waals surface area contributed by atoms with E-state index in [-0.39, 0.29) is 5.57 Å². The van der Waals surface area contributed by atoms with Gasteiger partial charge in [-0.15, -0.1) is 11.3 Å². The number of anilines is 1. The minimum absolute atomic E-state index is 0.0290. The maximum absolute atomic E-state index is 13.8. The highest BCUT2D eigenvalue weighted by atomic mass is 32.1. The second-order valence-electron chi connectivity index (χ2n) is 7.91. The van der Waals surface area contributed by atoms with Crippen molar-refractivity contribution >= 4 is 28.7 Å². The standard InChI is InChI=1S/C27H18N4O3S/c1-16-25(35-26(30-16)18-6-3-2-4-7-18)23(32)21-22(19-8-5-13-29-15-19)31(27(34)24(21)33)20-11-9-17(14-28)10-12-20/h2-13,15,22,33H,1H3. The van der Waals surface area contributed by atoms with Gasteiger partial charge in [0.15, 0.2) is 5.76 Å². The SMILES string of the molecule is Cc1nc(-c2ccccc2)sc1C(=O)C1=C(O)C(=O)N(c2ccc(C#N)cc2)C1c1cccnc1. The van der Waals surface area contributed by atoms with E-state index in [0.29, 0.717) is 32.4 Å². The third kappa shape index (κ3) is 3.88. The Morgan fingerprint density at radius 1 is 1.09 bits per heavy atom. The number of nitrogens with zero attached hydrogens (tertiary/aromatic N) is 4. The number of Topliss-reactive ketones (excluding diaryl/α,β-unsaturated/α-hetero) is 1. The lowest BCUT2D eigenvalue weighted by molar-refractivity contribution is -0.117. The van der Waals surface area contributed by atoms with Gasteiger partial charge in [-0.2, -0.15) is 5.26 Å². The summed E-state index contributed by atoms with van der Waals surface area (Å²) < 4.78 is 0. The molecule has 170 valence electrons. The number of aliphatic hydroxyl groups excluding tert-OH is 1. The molecule has 2 aromatic carbocycles. The van der Waals surface area contributed by atoms with Crippen LogP contribution in [-0.4, -0.2) is 26.8 Å². The molecule has 0 bridgehead atoms. The fraction of sp³-hybridized carbons (Fsp3) is 0.0741. The van der Waals surface area contributed by atoms with Gasteiger partial charge in [-0.05, 0) is 42.8 Å². The quantitative estimate of drug-likeness (QED) is 0.397. The van der Waals surface area contributed by atoms with Gasteiger partial charge in [-0.3, -0.25) is 19.5 Å². The number of nitriles is 1. The Bertz CT molecular complexity index is 1500. The Morgan fingerprint density at radius 3 is 2.49 bits per heavy atom. The first-order valence-corrected chi connectivity index (χ1v) is 11.6. The predicted molar refractivity (Wildman–Crippen MR) is 132 cm³/mol. The molecule has 8 heteroatoms. The third-order valence-corrected chi connectivity index (χ3v) is 6.96. The predicted octanol–water partition coefficient (Wildman–Crippen LogP) is 5.17. The lowest BCUT2D eigenvalue weighted by Crippen LogP contribution is -2.31. The Balaban J connectivity index is 1.62. The highest BCUT2D eigenvalue weighted by molar-refractivity contribution is 7.17. The van der Waals surface area contributed by atoms with Crippen molar-refractivity contribution < 1.29 is 14.7 Å². The zero-order chi connectivity index (χ0) is 24.5. The Hall–Kier alpha value is -4.61. The molecule has 0 spiro atoms. The summed E-state index contributed by atoms with van der Waals surface area (Å²) in [6.45, 7) is 1.74. The van der Waals surface area contributed by atoms with Gasteiger partial charge in [0.1, 0.15) is 5.01 Å². The van der Waals surface area contributed by atoms with Crippen molar-refractivity contribution in [1.29, 1.82) is 5.26 Å². The second-order valence-corrected chi connectivity index (χ2v) is 8.91. The van der Waals surface area contributed by atoms with E-state index in [0.717, 1.165) is 5.56 Å². The first-order valence-electron chi connectivity index (χ1n) is 10.7. The van der Waals surface area contributed by atoms with Gasteiger partial charge < -0.3 is 5.11 Å². The summed E-state index contributed by atoms with van der Waals surface area (Å²) in [6.07, 6.45) is 3.16. The first-order chi connectivity index (χ1) is 17.0. The molecule has 1 atom stereocenters. The number of ketones is 1. The molecule has 0 aliphatic carbocycles. The van der Waals surface area contributed by atoms with Crippen molar-refractivity contribution in [3.8, 4) is 16.6 Å². The summed E-state index contributed by atoms with van der Waals surface area (Å²) >= 11 is 1.22. The molecular weight excluding hydrogens is 460 g/mol. The Morgan fingerprint density at radius 2 is 1.83 bits per heavy atom. The van der Waals surface area contributed by atoms with Gasteiger partial charge in [0.05, 0.1) is 33.8 Å². The molecule has 0 fully saturated rings. The number of hydrogen-bond donors (Lipinski definition) is 1. The van der Waals surface area contributed by atoms with E-state index in [4.69, 9.17) is 5.26 Å². The summed E-state index contributed by atoms with van der Waals surface area (Å²) in [5, 5.41) is 20.8. The Labute approximate surface area is 205 Å². The number of carbonyl (C=O) groups is 2. The molecule has 1 N–H and O–H groups in total. The molecule has 3 heterocycles. The van der Waals surface area contributed by atoms with Crippen molar-refractivity contribution in [2.24, 2.45) is 0 Å². The molecule has 0 saturated heterocycles. The van der Waals surface area contributed by atoms with E-state index >= 15 is 0 Å². The zero-order valence-electron chi connectivity index (χ0n) is 18.5. The molecule has 35 heavy (non-hydrogen) atoms. The molecule has 5 rings (SSSR count). The summed E-state index contributed by atoms with van der Waals surface area (Å²) in [6, 6.07) is 20.5. The maximum Gasteiger partial charge on any atom is 0.294 e. The number of carbonyl (C=O) groups excluding carboxylic acids is 2. The molecule has 0 radical (unpaired) electrons. The van der Waals surface area contributed by atoms with Gasteiger partial charge in [-0.25, -0.2) is 4.98 Å². The smallest absolute Gasteiger partial charge is 0.294 e. The fourth-order valence-electron chi connectivity index (χ4n) is 4.09. The van der Waals surface area contributed by atoms with Crippen LogP contribution in [0.15, 0.2) is 90.5 Å². The molecule has 1 aliphatic rings. The second kappa shape index (κ2) is 8.97. The van der Waals surface area contributed by atoms with Crippen LogP contribution in [0, 0.1) is 18.3 Å². The van der Waals surface area contributed by atoms with E-state index < -0.39 is 23.5 Å². The van der Waals surface area contributed by atoms with Crippen molar-refractivity contribution in [3.05, 3.63) is 112 Å². The van der Waals surface area contributed by atoms with Gasteiger partial charge in [0, 0.05) is 23.6 Å². The molecule has 1 amide bonds. The molecule has 7 nitrogen and oxygen atoms in total. The average Bonchev–Trinajstić information content (AvgIpc) is 3.42. The summed E-state index contributed by atoms with van der Waals surface area (Å²) in [7, 11) is 0. The van der Waals surface area contributed by atoms with Gasteiger partial charge >= 0.3 is 0 Å². The topological polar surface area (TPSA) is 107 Å². The third-order valence-electron chi connectivity index (χ3n) is 5.75. The monoisotopic (exact) mass is 478 g/mol. The van der Waals surface area contributed by atoms with Crippen LogP contribution < -0.4 is 4.90 Å². The van der Waals surface area contributed by atoms with E-state index in [2.05, 4.69) is 9.97 Å². The minimum Gasteiger partial charge on any atom is -0.503 e. The molecule has 2 aromatic heterocycles. The molecule has 1 unspecified atom stereocenters. The zero-order valence-corrected chi connectivity index (χ0v) is 19.4. The first kappa shape index (κ1) is 22.2. The summed E-state index contributed by atoms with van der Waals surface area (Å²) in [5.41, 5.74) is 2.82. The fourth-order valence-corrected chi connectivity index (χ4v) is 5.11. The van der Waals surface area contributed by atoms with Crippen molar-refractivity contribution in [2.75, 3.05) is 4.90 Å². The normalized spacial score (nSPS) is 15.4. The lowest BCUT2D eigenvalue weighted by Gasteiger charge is -2.26. The largest absolute Gasteiger partial charge is 0.503 e. The van der Waals surface area contributed by atoms with Crippen LogP contribution in [0.2, 0.25) is 0 Å². The maximum atomic E-state index is 13.8. The number of amides is 1. The minimum atomic E-state index is -0.890. The number of thiazole rings is 1. The average molecular weight is 479 g/mol. The highest BCUT2D eigenvalue weighted by Crippen LogP contribution is 2.43. The van der Waals surface area contributed by atoms with Crippen LogP contribution in [-0.2, 0) is 4.79 Å². The summed E-state index contributed by atoms with van der Waals surface area (Å²) in [5.74, 6) is -1.77. The number of pyridine rings is 1. The van der Waals surface area contributed by atoms with Crippen LogP contribution in [0.5, 0.6) is 0 Å². The molecule has 0 saturated carbocycles. The summed E-state index contributed by atoms with van der Waals surface area (Å²) in [4.78, 5) is 37.5. The molecular formula is C27H18N4O3S. The van der Waals surface area contributed by atoms with Crippen LogP contribution in [0.4, 0.5) is 5.69 Å². The van der Waals surface area contributed by atoms with E-state index in [9.17, 15) is 14.7 Å². The number of rotatable bonds is 5. The van der Waals surface area contributed by atoms with Crippen LogP contribution in [0.25, 0.3) is 10.6 Å². The van der Waals surface area contributed by atoms with Gasteiger partial charge in [0.2, 0.25) is 5.78 Å². The Kier molecular flexibility index (Phi) is 5.69. The number of hydrogen-bond acceptors (Lipinski definition) is 7. The van der Waals surface area contributed by atoms with E-state index in [1.807, 2.05) is 36.4 Å². The van der Waals surface area contributed by atoms with Crippen LogP contribution in [0.1, 0.15) is 32.5 Å². The van der Waals surface area contributed by atoms with Gasteiger partial charge in [-0.1, -0.05) is 36.4 Å². The molecule has 4 aromatic rings. The number of aromatic nitrogens is 2. The lowest BCUT2D eigenvalue weighted by atomic mass is 9.96. The van der Waals surface area contributed by atoms with Crippen LogP contribution in [0.3, 0.4) is 0 Å². The number of aryl methyl sites for hydroxylation is 1. The van der Waals surface area contributed by atoms with E-state index in [1.165, 1.54) is 16.2 Å². The van der Waals surface area contributed by atoms with Crippen molar-refractivity contribution in [1.82, 2.24) is 9.97 Å². The van der Waals surface area contributed by atoms with Crippen molar-refractivity contribution in [3.63, 3.8) is 0 Å².